The van der Waals surface area contributed by atoms with Crippen LogP contribution in [0.2, 0.25) is 0 Å². The number of amides is 1. The number of ether oxygens (including phenoxy) is 4. The van der Waals surface area contributed by atoms with Crippen LogP contribution >= 0.6 is 0 Å². The molecule has 12 unspecified atom stereocenters. The zero-order valence-corrected chi connectivity index (χ0v) is 55.3. The summed E-state index contributed by atoms with van der Waals surface area (Å²) in [6.07, 6.45) is 60.1. The van der Waals surface area contributed by atoms with Gasteiger partial charge in [0.2, 0.25) is 5.91 Å². The minimum absolute atomic E-state index is 0.249. The van der Waals surface area contributed by atoms with Gasteiger partial charge in [0.1, 0.15) is 48.8 Å². The zero-order valence-electron chi connectivity index (χ0n) is 55.3. The van der Waals surface area contributed by atoms with Crippen LogP contribution < -0.4 is 5.32 Å². The van der Waals surface area contributed by atoms with E-state index in [4.69, 9.17) is 18.9 Å². The minimum Gasteiger partial charge on any atom is -0.394 e. The molecule has 0 aromatic heterocycles. The molecular weight excluding hydrogens is 1100 g/mol. The lowest BCUT2D eigenvalue weighted by molar-refractivity contribution is -0.359. The quantitative estimate of drug-likeness (QED) is 0.0204. The predicted octanol–water partition coefficient (Wildman–Crippen LogP) is 14.8. The normalized spacial score (nSPS) is 23.6. The maximum Gasteiger partial charge on any atom is 0.220 e. The highest BCUT2D eigenvalue weighted by Gasteiger charge is 2.51. The number of allylic oxidation sites excluding steroid dienone is 9. The van der Waals surface area contributed by atoms with E-state index in [0.29, 0.717) is 12.8 Å². The summed E-state index contributed by atoms with van der Waals surface area (Å²) in [6, 6.07) is -0.939. The Morgan fingerprint density at radius 1 is 0.414 bits per heavy atom. The lowest BCUT2D eigenvalue weighted by Crippen LogP contribution is -2.65. The number of rotatable bonds is 59. The molecule has 0 aromatic carbocycles. The molecule has 2 rings (SSSR count). The van der Waals surface area contributed by atoms with Crippen LogP contribution in [-0.2, 0) is 23.7 Å². The van der Waals surface area contributed by atoms with Crippen molar-refractivity contribution in [3.05, 3.63) is 60.8 Å². The molecule has 0 radical (unpaired) electrons. The lowest BCUT2D eigenvalue weighted by Gasteiger charge is -2.46. The first-order valence-corrected chi connectivity index (χ1v) is 36.0. The molecule has 0 aromatic rings. The topological polar surface area (TPSA) is 228 Å². The van der Waals surface area contributed by atoms with Gasteiger partial charge >= 0.3 is 0 Å². The molecular formula is C73H133NO13. The number of unbranched alkanes of at least 4 members (excludes halogenated alkanes) is 38. The van der Waals surface area contributed by atoms with Crippen molar-refractivity contribution in [2.24, 2.45) is 0 Å². The lowest BCUT2D eigenvalue weighted by atomic mass is 9.97. The minimum atomic E-state index is -1.79. The van der Waals surface area contributed by atoms with Crippen LogP contribution in [-0.4, -0.2) is 140 Å². The van der Waals surface area contributed by atoms with Crippen LogP contribution in [0.3, 0.4) is 0 Å². The van der Waals surface area contributed by atoms with Crippen molar-refractivity contribution in [1.29, 1.82) is 0 Å². The van der Waals surface area contributed by atoms with E-state index in [0.717, 1.165) is 51.4 Å². The van der Waals surface area contributed by atoms with Gasteiger partial charge in [-0.3, -0.25) is 4.79 Å². The van der Waals surface area contributed by atoms with Crippen LogP contribution in [0, 0.1) is 0 Å². The molecule has 14 nitrogen and oxygen atoms in total. The van der Waals surface area contributed by atoms with Crippen molar-refractivity contribution >= 4 is 5.91 Å². The summed E-state index contributed by atoms with van der Waals surface area (Å²) in [5.74, 6) is -0.249. The smallest absolute Gasteiger partial charge is 0.220 e. The molecule has 0 spiro atoms. The Kier molecular flexibility index (Phi) is 53.5. The Morgan fingerprint density at radius 2 is 0.770 bits per heavy atom. The number of aliphatic hydroxyl groups excluding tert-OH is 8. The van der Waals surface area contributed by atoms with Crippen LogP contribution in [0.5, 0.6) is 0 Å². The Balaban J connectivity index is 1.62. The first-order valence-electron chi connectivity index (χ1n) is 36.0. The second-order valence-corrected chi connectivity index (χ2v) is 25.3. The van der Waals surface area contributed by atoms with E-state index in [-0.39, 0.29) is 18.9 Å². The summed E-state index contributed by atoms with van der Waals surface area (Å²) in [5, 5.41) is 87.3. The van der Waals surface area contributed by atoms with E-state index < -0.39 is 86.8 Å². The molecule has 12 atom stereocenters. The Hall–Kier alpha value is -2.31. The third-order valence-electron chi connectivity index (χ3n) is 17.4. The third-order valence-corrected chi connectivity index (χ3v) is 17.4. The van der Waals surface area contributed by atoms with Crippen molar-refractivity contribution in [3.8, 4) is 0 Å². The van der Waals surface area contributed by atoms with Gasteiger partial charge in [-0.25, -0.2) is 0 Å². The zero-order chi connectivity index (χ0) is 63.1. The highest BCUT2D eigenvalue weighted by molar-refractivity contribution is 5.76. The van der Waals surface area contributed by atoms with Gasteiger partial charge in [-0.15, -0.1) is 0 Å². The molecule has 0 aliphatic carbocycles. The highest BCUT2D eigenvalue weighted by atomic mass is 16.7. The maximum absolute atomic E-state index is 13.3. The number of nitrogens with one attached hydrogen (secondary N) is 1. The molecule has 9 N–H and O–H groups in total. The van der Waals surface area contributed by atoms with Crippen molar-refractivity contribution in [2.75, 3.05) is 19.8 Å². The first-order chi connectivity index (χ1) is 42.6. The Labute approximate surface area is 530 Å². The second kappa shape index (κ2) is 57.6. The van der Waals surface area contributed by atoms with E-state index in [2.05, 4.69) is 67.8 Å². The summed E-state index contributed by atoms with van der Waals surface area (Å²) in [7, 11) is 0. The molecule has 0 saturated carbocycles. The monoisotopic (exact) mass is 1230 g/mol. The summed E-state index contributed by atoms with van der Waals surface area (Å²) >= 11 is 0. The molecule has 87 heavy (non-hydrogen) atoms. The second-order valence-electron chi connectivity index (χ2n) is 25.3. The Morgan fingerprint density at radius 3 is 1.20 bits per heavy atom. The average molecular weight is 1230 g/mol. The largest absolute Gasteiger partial charge is 0.394 e. The predicted molar refractivity (Wildman–Crippen MR) is 355 cm³/mol. The molecule has 2 fully saturated rings. The fourth-order valence-electron chi connectivity index (χ4n) is 11.7. The first kappa shape index (κ1) is 80.8. The van der Waals surface area contributed by atoms with Crippen molar-refractivity contribution in [2.45, 2.75) is 376 Å². The number of aliphatic hydroxyl groups is 8. The maximum atomic E-state index is 13.3. The highest BCUT2D eigenvalue weighted by Crippen LogP contribution is 2.30. The van der Waals surface area contributed by atoms with E-state index >= 15 is 0 Å². The molecule has 2 heterocycles. The van der Waals surface area contributed by atoms with Gasteiger partial charge in [-0.05, 0) is 77.0 Å². The van der Waals surface area contributed by atoms with Crippen molar-refractivity contribution < 1.29 is 64.6 Å². The van der Waals surface area contributed by atoms with Gasteiger partial charge in [0.25, 0.3) is 0 Å². The van der Waals surface area contributed by atoms with Crippen LogP contribution in [0.4, 0.5) is 0 Å². The Bertz CT molecular complexity index is 1690. The number of carbonyl (C=O) groups is 1. The molecule has 2 aliphatic heterocycles. The molecule has 14 heteroatoms. The number of hydrogen-bond donors (Lipinski definition) is 9. The summed E-state index contributed by atoms with van der Waals surface area (Å²) in [4.78, 5) is 13.3. The SMILES string of the molecule is CCCCCCC/C=C\C/C=C\CCCCCCCCCCCCCCCCCCCCCCCCCC(=O)NC(COC1OC(CO)C(OC2OC(CO)C(O)C(O)C2O)C(O)C1O)C(O)/C=C/CC/C=C/CC/C=C/CCCCCCCCCC. The van der Waals surface area contributed by atoms with Crippen LogP contribution in [0.25, 0.3) is 0 Å². The standard InChI is InChI=1S/C73H133NO13/c1-3-5-7-9-11-13-15-17-19-21-23-24-25-26-27-28-29-30-31-32-33-34-35-36-37-38-39-41-43-45-47-49-51-53-55-57-65(78)74-61(62(77)56-54-52-50-48-46-44-42-40-22-20-18-16-14-12-10-8-6-4-2)60-84-72-70(83)68(81)71(64(59-76)86-72)87-73-69(82)67(80)66(79)63(58-75)85-73/h15,17,21-23,40,46,48,54,56,61-64,66-73,75-77,79-83H,3-14,16,18-20,24-39,41-45,47,49-53,55,57-60H2,1-2H3,(H,74,78)/b17-15-,23-21-,40-22+,48-46+,56-54+. The molecule has 0 bridgehead atoms. The summed E-state index contributed by atoms with van der Waals surface area (Å²) < 4.78 is 22.8. The molecule has 2 saturated heterocycles. The number of carbonyl (C=O) groups excluding carboxylic acids is 1. The van der Waals surface area contributed by atoms with Gasteiger partial charge in [-0.2, -0.15) is 0 Å². The van der Waals surface area contributed by atoms with Crippen LogP contribution in [0.1, 0.15) is 303 Å². The van der Waals surface area contributed by atoms with Crippen molar-refractivity contribution in [1.82, 2.24) is 5.32 Å². The van der Waals surface area contributed by atoms with E-state index in [1.807, 2.05) is 6.08 Å². The van der Waals surface area contributed by atoms with E-state index in [9.17, 15) is 45.6 Å². The summed E-state index contributed by atoms with van der Waals surface area (Å²) in [5.41, 5.74) is 0. The fraction of sp³-hybridized carbons (Fsp3) is 0.849. The fourth-order valence-corrected chi connectivity index (χ4v) is 11.7. The molecule has 508 valence electrons. The third kappa shape index (κ3) is 41.7. The van der Waals surface area contributed by atoms with Gasteiger partial charge < -0.3 is 65.1 Å². The van der Waals surface area contributed by atoms with Crippen LogP contribution in [0.15, 0.2) is 60.8 Å². The van der Waals surface area contributed by atoms with Crippen molar-refractivity contribution in [3.63, 3.8) is 0 Å². The van der Waals surface area contributed by atoms with Gasteiger partial charge in [-0.1, -0.05) is 280 Å². The molecule has 2 aliphatic rings. The van der Waals surface area contributed by atoms with Gasteiger partial charge in [0.15, 0.2) is 12.6 Å². The average Bonchev–Trinajstić information content (AvgIpc) is 3.71. The summed E-state index contributed by atoms with van der Waals surface area (Å²) in [6.45, 7) is 2.79. The van der Waals surface area contributed by atoms with Gasteiger partial charge in [0, 0.05) is 6.42 Å². The van der Waals surface area contributed by atoms with E-state index in [1.165, 1.54) is 218 Å². The number of hydrogen-bond acceptors (Lipinski definition) is 13. The van der Waals surface area contributed by atoms with E-state index in [1.54, 1.807) is 6.08 Å². The molecule has 1 amide bonds. The van der Waals surface area contributed by atoms with Gasteiger partial charge in [0.05, 0.1) is 32.0 Å².